The van der Waals surface area contributed by atoms with Crippen molar-refractivity contribution in [2.75, 3.05) is 5.43 Å². The van der Waals surface area contributed by atoms with E-state index in [1.165, 1.54) is 6.34 Å². The number of aromatic amines is 1. The molecule has 21 heavy (non-hydrogen) atoms. The van der Waals surface area contributed by atoms with Crippen LogP contribution in [0.25, 0.3) is 11.0 Å². The van der Waals surface area contributed by atoms with Crippen LogP contribution < -0.4 is 11.0 Å². The van der Waals surface area contributed by atoms with Crippen LogP contribution in [0.3, 0.4) is 0 Å². The molecule has 1 aliphatic rings. The molecular formula is C13H11N7O. The van der Waals surface area contributed by atoms with E-state index in [-0.39, 0.29) is 5.56 Å². The summed E-state index contributed by atoms with van der Waals surface area (Å²) in [6, 6.07) is 6.81. The molecule has 0 aliphatic carbocycles. The van der Waals surface area contributed by atoms with Gasteiger partial charge in [0.05, 0.1) is 11.0 Å². The average molecular weight is 281 g/mol. The number of aliphatic imine (C=N–C) groups is 1. The molecule has 1 aromatic carbocycles. The Bertz CT molecular complexity index is 924. The van der Waals surface area contributed by atoms with Crippen LogP contribution in [0.15, 0.2) is 34.1 Å². The first kappa shape index (κ1) is 11.8. The maximum absolute atomic E-state index is 12.3. The molecule has 104 valence electrons. The summed E-state index contributed by atoms with van der Waals surface area (Å²) in [5.41, 5.74) is 4.37. The number of H-pyrrole nitrogens is 1. The fourth-order valence-electron chi connectivity index (χ4n) is 2.37. The van der Waals surface area contributed by atoms with Gasteiger partial charge in [-0.1, -0.05) is 12.1 Å². The highest BCUT2D eigenvalue weighted by Crippen LogP contribution is 2.23. The Balaban J connectivity index is 1.94. The second kappa shape index (κ2) is 4.23. The van der Waals surface area contributed by atoms with Gasteiger partial charge < -0.3 is 4.98 Å². The van der Waals surface area contributed by atoms with Crippen LogP contribution in [-0.2, 0) is 0 Å². The highest BCUT2D eigenvalue weighted by molar-refractivity contribution is 5.74. The zero-order valence-electron chi connectivity index (χ0n) is 11.1. The first-order valence-corrected chi connectivity index (χ1v) is 6.43. The van der Waals surface area contributed by atoms with E-state index in [1.807, 2.05) is 31.2 Å². The summed E-state index contributed by atoms with van der Waals surface area (Å²) >= 11 is 0. The van der Waals surface area contributed by atoms with Crippen LogP contribution in [0.5, 0.6) is 0 Å². The predicted octanol–water partition coefficient (Wildman–Crippen LogP) is 0.498. The summed E-state index contributed by atoms with van der Waals surface area (Å²) < 4.78 is 1.69. The molecule has 0 fully saturated rings. The van der Waals surface area contributed by atoms with E-state index in [4.69, 9.17) is 0 Å². The van der Waals surface area contributed by atoms with Crippen molar-refractivity contribution in [2.45, 2.75) is 13.0 Å². The molecule has 0 saturated heterocycles. The molecule has 2 N–H and O–H groups in total. The number of aryl methyl sites for hydroxylation is 1. The van der Waals surface area contributed by atoms with Gasteiger partial charge in [-0.15, -0.1) is 10.2 Å². The normalized spacial score (nSPS) is 16.7. The summed E-state index contributed by atoms with van der Waals surface area (Å²) in [6.45, 7) is 1.82. The third kappa shape index (κ3) is 1.72. The highest BCUT2D eigenvalue weighted by Gasteiger charge is 2.27. The summed E-state index contributed by atoms with van der Waals surface area (Å²) in [5.74, 6) is 1.24. The first-order valence-electron chi connectivity index (χ1n) is 6.43. The van der Waals surface area contributed by atoms with Crippen molar-refractivity contribution in [2.24, 2.45) is 4.99 Å². The second-order valence-electron chi connectivity index (χ2n) is 4.72. The van der Waals surface area contributed by atoms with Crippen molar-refractivity contribution in [3.8, 4) is 0 Å². The van der Waals surface area contributed by atoms with Gasteiger partial charge in [0, 0.05) is 0 Å². The average Bonchev–Trinajstić information content (AvgIpc) is 2.88. The summed E-state index contributed by atoms with van der Waals surface area (Å²) in [6.07, 6.45) is 1.52. The lowest BCUT2D eigenvalue weighted by atomic mass is 10.2. The van der Waals surface area contributed by atoms with Gasteiger partial charge in [-0.2, -0.15) is 0 Å². The number of hydrogen-bond donors (Lipinski definition) is 2. The lowest BCUT2D eigenvalue weighted by molar-refractivity contribution is 0.685. The van der Waals surface area contributed by atoms with Crippen molar-refractivity contribution in [3.05, 3.63) is 52.0 Å². The monoisotopic (exact) mass is 281 g/mol. The standard InChI is InChI=1S/C13H11N7O/c1-7-18-19-12-10(14-6-15-20(7)12)11-13(21)17-9-5-3-2-4-8(9)16-11/h2-6,10H,1H3,(H,14,15)(H,17,21). The van der Waals surface area contributed by atoms with Gasteiger partial charge in [-0.05, 0) is 19.1 Å². The zero-order chi connectivity index (χ0) is 14.4. The number of nitrogens with one attached hydrogen (secondary N) is 2. The molecule has 1 aliphatic heterocycles. The smallest absolute Gasteiger partial charge is 0.272 e. The molecule has 0 saturated carbocycles. The molecule has 3 aromatic rings. The molecule has 8 heteroatoms. The van der Waals surface area contributed by atoms with Crippen LogP contribution in [0.1, 0.15) is 23.4 Å². The fraction of sp³-hybridized carbons (Fsp3) is 0.154. The number of nitrogens with zero attached hydrogens (tertiary/aromatic N) is 5. The van der Waals surface area contributed by atoms with E-state index >= 15 is 0 Å². The SMILES string of the molecule is Cc1nnc2n1NC=NC2c1nc2ccccc2[nH]c1=O. The number of benzene rings is 1. The van der Waals surface area contributed by atoms with Crippen LogP contribution in [0, 0.1) is 6.92 Å². The molecule has 0 spiro atoms. The molecule has 2 aromatic heterocycles. The minimum absolute atomic E-state index is 0.273. The Kier molecular flexibility index (Phi) is 2.37. The minimum atomic E-state index is -0.569. The summed E-state index contributed by atoms with van der Waals surface area (Å²) in [7, 11) is 0. The molecule has 3 heterocycles. The zero-order valence-corrected chi connectivity index (χ0v) is 11.1. The van der Waals surface area contributed by atoms with Crippen molar-refractivity contribution in [1.29, 1.82) is 0 Å². The maximum atomic E-state index is 12.3. The Morgan fingerprint density at radius 3 is 3.00 bits per heavy atom. The number of aromatic nitrogens is 5. The molecule has 1 unspecified atom stereocenters. The summed E-state index contributed by atoms with van der Waals surface area (Å²) in [5, 5.41) is 8.08. The van der Waals surface area contributed by atoms with Gasteiger partial charge >= 0.3 is 0 Å². The Hall–Kier alpha value is -3.03. The molecule has 8 nitrogen and oxygen atoms in total. The van der Waals surface area contributed by atoms with Crippen molar-refractivity contribution >= 4 is 17.4 Å². The van der Waals surface area contributed by atoms with Gasteiger partial charge in [-0.3, -0.25) is 15.2 Å². The van der Waals surface area contributed by atoms with E-state index in [2.05, 4.69) is 30.6 Å². The van der Waals surface area contributed by atoms with Crippen LogP contribution >= 0.6 is 0 Å². The van der Waals surface area contributed by atoms with Gasteiger partial charge in [0.2, 0.25) is 0 Å². The maximum Gasteiger partial charge on any atom is 0.272 e. The van der Waals surface area contributed by atoms with Crippen molar-refractivity contribution in [3.63, 3.8) is 0 Å². The van der Waals surface area contributed by atoms with Gasteiger partial charge in [-0.25, -0.2) is 9.66 Å². The molecular weight excluding hydrogens is 270 g/mol. The van der Waals surface area contributed by atoms with Gasteiger partial charge in [0.25, 0.3) is 5.56 Å². The van der Waals surface area contributed by atoms with Crippen LogP contribution in [0.2, 0.25) is 0 Å². The van der Waals surface area contributed by atoms with Gasteiger partial charge in [0.15, 0.2) is 11.9 Å². The molecule has 0 radical (unpaired) electrons. The Morgan fingerprint density at radius 2 is 2.10 bits per heavy atom. The Morgan fingerprint density at radius 1 is 1.24 bits per heavy atom. The van der Waals surface area contributed by atoms with Crippen molar-refractivity contribution < 1.29 is 0 Å². The van der Waals surface area contributed by atoms with Crippen LogP contribution in [-0.4, -0.2) is 31.2 Å². The first-order chi connectivity index (χ1) is 10.2. The van der Waals surface area contributed by atoms with E-state index in [9.17, 15) is 4.79 Å². The fourth-order valence-corrected chi connectivity index (χ4v) is 2.37. The lowest BCUT2D eigenvalue weighted by Gasteiger charge is -2.17. The summed E-state index contributed by atoms with van der Waals surface area (Å²) in [4.78, 5) is 23.8. The van der Waals surface area contributed by atoms with E-state index < -0.39 is 6.04 Å². The molecule has 0 amide bonds. The largest absolute Gasteiger partial charge is 0.319 e. The molecule has 0 bridgehead atoms. The second-order valence-corrected chi connectivity index (χ2v) is 4.72. The minimum Gasteiger partial charge on any atom is -0.319 e. The van der Waals surface area contributed by atoms with Crippen molar-refractivity contribution in [1.82, 2.24) is 24.8 Å². The van der Waals surface area contributed by atoms with Crippen LogP contribution in [0.4, 0.5) is 0 Å². The van der Waals surface area contributed by atoms with E-state index in [0.717, 1.165) is 0 Å². The highest BCUT2D eigenvalue weighted by atomic mass is 16.1. The molecule has 4 rings (SSSR count). The van der Waals surface area contributed by atoms with E-state index in [0.29, 0.717) is 28.4 Å². The predicted molar refractivity (Wildman–Crippen MR) is 76.8 cm³/mol. The number of rotatable bonds is 1. The topological polar surface area (TPSA) is 101 Å². The number of para-hydroxylation sites is 2. The third-order valence-electron chi connectivity index (χ3n) is 3.39. The third-order valence-corrected chi connectivity index (χ3v) is 3.39. The Labute approximate surface area is 118 Å². The molecule has 1 atom stereocenters. The van der Waals surface area contributed by atoms with E-state index in [1.54, 1.807) is 4.68 Å². The quantitative estimate of drug-likeness (QED) is 0.676. The number of hydrogen-bond acceptors (Lipinski definition) is 6. The van der Waals surface area contributed by atoms with Gasteiger partial charge in [0.1, 0.15) is 17.9 Å². The number of fused-ring (bicyclic) bond motifs is 2. The lowest BCUT2D eigenvalue weighted by Crippen LogP contribution is -2.28.